The van der Waals surface area contributed by atoms with Gasteiger partial charge in [-0.25, -0.2) is 0 Å². The maximum atomic E-state index is 12.1. The molecule has 2 rings (SSSR count). The van der Waals surface area contributed by atoms with Crippen LogP contribution in [0.2, 0.25) is 5.02 Å². The van der Waals surface area contributed by atoms with Crippen LogP contribution in [-0.4, -0.2) is 38.6 Å². The standard InChI is InChI=1S/C20H23ClN2O4/c1-14-4-9-19(26-3)18(12-14)23(15(2)24)11-10-22-20(25)13-27-17-7-5-16(21)6-8-17/h4-9,12H,10-11,13H2,1-3H3,(H,22,25). The highest BCUT2D eigenvalue weighted by molar-refractivity contribution is 6.30. The number of halogens is 1. The van der Waals surface area contributed by atoms with Crippen molar-refractivity contribution >= 4 is 29.1 Å². The molecule has 0 aliphatic rings. The van der Waals surface area contributed by atoms with Crippen LogP contribution >= 0.6 is 11.6 Å². The number of methoxy groups -OCH3 is 1. The second kappa shape index (κ2) is 9.83. The van der Waals surface area contributed by atoms with Gasteiger partial charge in [-0.2, -0.15) is 0 Å². The number of carbonyl (C=O) groups excluding carboxylic acids is 2. The van der Waals surface area contributed by atoms with E-state index in [-0.39, 0.29) is 18.4 Å². The van der Waals surface area contributed by atoms with Crippen LogP contribution in [0.3, 0.4) is 0 Å². The van der Waals surface area contributed by atoms with E-state index in [2.05, 4.69) is 5.32 Å². The van der Waals surface area contributed by atoms with E-state index >= 15 is 0 Å². The van der Waals surface area contributed by atoms with Crippen molar-refractivity contribution in [1.29, 1.82) is 0 Å². The van der Waals surface area contributed by atoms with Crippen LogP contribution in [0, 0.1) is 6.92 Å². The molecule has 2 amide bonds. The highest BCUT2D eigenvalue weighted by atomic mass is 35.5. The molecule has 2 aromatic rings. The van der Waals surface area contributed by atoms with Crippen molar-refractivity contribution in [3.05, 3.63) is 53.1 Å². The van der Waals surface area contributed by atoms with Gasteiger partial charge in [-0.15, -0.1) is 0 Å². The van der Waals surface area contributed by atoms with Gasteiger partial charge in [-0.3, -0.25) is 9.59 Å². The molecule has 0 fully saturated rings. The Bertz CT molecular complexity index is 793. The van der Waals surface area contributed by atoms with Crippen molar-refractivity contribution in [2.75, 3.05) is 31.7 Å². The van der Waals surface area contributed by atoms with Crippen molar-refractivity contribution in [2.45, 2.75) is 13.8 Å². The summed E-state index contributed by atoms with van der Waals surface area (Å²) in [6.45, 7) is 3.92. The average molecular weight is 391 g/mol. The summed E-state index contributed by atoms with van der Waals surface area (Å²) in [5.74, 6) is 0.757. The Morgan fingerprint density at radius 3 is 2.48 bits per heavy atom. The second-order valence-electron chi connectivity index (χ2n) is 5.94. The average Bonchev–Trinajstić information content (AvgIpc) is 2.64. The van der Waals surface area contributed by atoms with E-state index in [9.17, 15) is 9.59 Å². The molecule has 0 aliphatic heterocycles. The molecule has 6 nitrogen and oxygen atoms in total. The molecule has 0 saturated carbocycles. The first-order chi connectivity index (χ1) is 12.9. The minimum Gasteiger partial charge on any atom is -0.495 e. The minimum absolute atomic E-state index is 0.116. The summed E-state index contributed by atoms with van der Waals surface area (Å²) in [6.07, 6.45) is 0. The van der Waals surface area contributed by atoms with Gasteiger partial charge in [0.25, 0.3) is 5.91 Å². The number of carbonyl (C=O) groups is 2. The van der Waals surface area contributed by atoms with Crippen molar-refractivity contribution in [3.8, 4) is 11.5 Å². The molecular formula is C20H23ClN2O4. The fourth-order valence-electron chi connectivity index (χ4n) is 2.50. The lowest BCUT2D eigenvalue weighted by Gasteiger charge is -2.24. The molecule has 1 N–H and O–H groups in total. The van der Waals surface area contributed by atoms with Gasteiger partial charge in [-0.1, -0.05) is 17.7 Å². The Labute approximate surface area is 164 Å². The predicted molar refractivity (Wildman–Crippen MR) is 106 cm³/mol. The van der Waals surface area contributed by atoms with Crippen LogP contribution in [0.5, 0.6) is 11.5 Å². The lowest BCUT2D eigenvalue weighted by molar-refractivity contribution is -0.123. The van der Waals surface area contributed by atoms with Crippen LogP contribution in [0.1, 0.15) is 12.5 Å². The van der Waals surface area contributed by atoms with E-state index in [0.29, 0.717) is 35.3 Å². The maximum Gasteiger partial charge on any atom is 0.258 e. The van der Waals surface area contributed by atoms with E-state index in [1.54, 1.807) is 36.3 Å². The van der Waals surface area contributed by atoms with E-state index < -0.39 is 0 Å². The third kappa shape index (κ3) is 6.18. The normalized spacial score (nSPS) is 10.2. The van der Waals surface area contributed by atoms with Gasteiger partial charge in [0.15, 0.2) is 6.61 Å². The summed E-state index contributed by atoms with van der Waals surface area (Å²) >= 11 is 5.80. The monoisotopic (exact) mass is 390 g/mol. The first-order valence-electron chi connectivity index (χ1n) is 8.48. The van der Waals surface area contributed by atoms with Gasteiger partial charge >= 0.3 is 0 Å². The number of nitrogens with one attached hydrogen (secondary N) is 1. The zero-order valence-electron chi connectivity index (χ0n) is 15.6. The number of anilines is 1. The number of hydrogen-bond acceptors (Lipinski definition) is 4. The fourth-order valence-corrected chi connectivity index (χ4v) is 2.62. The number of amides is 2. The lowest BCUT2D eigenvalue weighted by Crippen LogP contribution is -2.39. The van der Waals surface area contributed by atoms with E-state index in [1.807, 2.05) is 25.1 Å². The Morgan fingerprint density at radius 2 is 1.85 bits per heavy atom. The second-order valence-corrected chi connectivity index (χ2v) is 6.37. The minimum atomic E-state index is -0.273. The van der Waals surface area contributed by atoms with Crippen LogP contribution in [0.15, 0.2) is 42.5 Å². The van der Waals surface area contributed by atoms with Crippen molar-refractivity contribution in [3.63, 3.8) is 0 Å². The highest BCUT2D eigenvalue weighted by Gasteiger charge is 2.16. The third-order valence-electron chi connectivity index (χ3n) is 3.85. The summed E-state index contributed by atoms with van der Waals surface area (Å²) in [5, 5.41) is 3.35. The Hall–Kier alpha value is -2.73. The van der Waals surface area contributed by atoms with Gasteiger partial charge in [0.2, 0.25) is 5.91 Å². The van der Waals surface area contributed by atoms with Crippen LogP contribution < -0.4 is 19.7 Å². The van der Waals surface area contributed by atoms with Crippen LogP contribution in [-0.2, 0) is 9.59 Å². The van der Waals surface area contributed by atoms with Gasteiger partial charge in [-0.05, 0) is 48.9 Å². The van der Waals surface area contributed by atoms with Gasteiger partial charge in [0.05, 0.1) is 12.8 Å². The molecular weight excluding hydrogens is 368 g/mol. The molecule has 27 heavy (non-hydrogen) atoms. The molecule has 2 aromatic carbocycles. The number of ether oxygens (including phenoxy) is 2. The predicted octanol–water partition coefficient (Wildman–Crippen LogP) is 3.21. The molecule has 0 radical (unpaired) electrons. The Balaban J connectivity index is 1.89. The molecule has 0 spiro atoms. The molecule has 0 saturated heterocycles. The van der Waals surface area contributed by atoms with Crippen LogP contribution in [0.25, 0.3) is 0 Å². The Kier molecular flexibility index (Phi) is 7.49. The highest BCUT2D eigenvalue weighted by Crippen LogP contribution is 2.29. The lowest BCUT2D eigenvalue weighted by atomic mass is 10.2. The summed E-state index contributed by atoms with van der Waals surface area (Å²) in [4.78, 5) is 25.6. The maximum absolute atomic E-state index is 12.1. The summed E-state index contributed by atoms with van der Waals surface area (Å²) in [5.41, 5.74) is 1.69. The van der Waals surface area contributed by atoms with Crippen molar-refractivity contribution in [2.24, 2.45) is 0 Å². The summed E-state index contributed by atoms with van der Waals surface area (Å²) < 4.78 is 10.7. The van der Waals surface area contributed by atoms with E-state index in [1.165, 1.54) is 6.92 Å². The van der Waals surface area contributed by atoms with Crippen LogP contribution in [0.4, 0.5) is 5.69 Å². The molecule has 0 unspecified atom stereocenters. The zero-order chi connectivity index (χ0) is 19.8. The largest absolute Gasteiger partial charge is 0.495 e. The number of nitrogens with zero attached hydrogens (tertiary/aromatic N) is 1. The summed E-state index contributed by atoms with van der Waals surface area (Å²) in [7, 11) is 1.56. The molecule has 0 atom stereocenters. The van der Waals surface area contributed by atoms with Crippen molar-refractivity contribution in [1.82, 2.24) is 5.32 Å². The quantitative estimate of drug-likeness (QED) is 0.751. The Morgan fingerprint density at radius 1 is 1.15 bits per heavy atom. The molecule has 0 aromatic heterocycles. The molecule has 144 valence electrons. The number of benzene rings is 2. The van der Waals surface area contributed by atoms with E-state index in [4.69, 9.17) is 21.1 Å². The number of rotatable bonds is 8. The topological polar surface area (TPSA) is 67.9 Å². The number of aryl methyl sites for hydroxylation is 1. The van der Waals surface area contributed by atoms with Crippen molar-refractivity contribution < 1.29 is 19.1 Å². The first-order valence-corrected chi connectivity index (χ1v) is 8.86. The molecule has 7 heteroatoms. The molecule has 0 heterocycles. The van der Waals surface area contributed by atoms with Gasteiger partial charge in [0.1, 0.15) is 11.5 Å². The summed E-state index contributed by atoms with van der Waals surface area (Å²) in [6, 6.07) is 12.4. The first kappa shape index (κ1) is 20.6. The molecule has 0 aliphatic carbocycles. The van der Waals surface area contributed by atoms with E-state index in [0.717, 1.165) is 5.56 Å². The molecule has 0 bridgehead atoms. The number of hydrogen-bond donors (Lipinski definition) is 1. The fraction of sp³-hybridized carbons (Fsp3) is 0.300. The van der Waals surface area contributed by atoms with Gasteiger partial charge in [0, 0.05) is 25.0 Å². The third-order valence-corrected chi connectivity index (χ3v) is 4.10. The zero-order valence-corrected chi connectivity index (χ0v) is 16.4. The van der Waals surface area contributed by atoms with Gasteiger partial charge < -0.3 is 19.7 Å². The SMILES string of the molecule is COc1ccc(C)cc1N(CCNC(=O)COc1ccc(Cl)cc1)C(C)=O. The smallest absolute Gasteiger partial charge is 0.258 e.